The molecule has 1 aromatic carbocycles. The summed E-state index contributed by atoms with van der Waals surface area (Å²) in [6, 6.07) is 7.38. The monoisotopic (exact) mass is 446 g/mol. The Kier molecular flexibility index (Phi) is 4.69. The molecule has 1 amide bonds. The van der Waals surface area contributed by atoms with E-state index in [2.05, 4.69) is 26.0 Å². The first-order chi connectivity index (χ1) is 13.2. The number of likely N-dealkylation sites (tertiary alicyclic amines) is 1. The van der Waals surface area contributed by atoms with Crippen LogP contribution in [0, 0.1) is 0 Å². The minimum absolute atomic E-state index is 0.148. The second-order valence-electron chi connectivity index (χ2n) is 8.23. The van der Waals surface area contributed by atoms with Crippen molar-refractivity contribution in [2.45, 2.75) is 45.1 Å². The number of hydrogen-bond donors (Lipinski definition) is 1. The largest absolute Gasteiger partial charge is 0.444 e. The molecule has 0 atom stereocenters. The highest BCUT2D eigenvalue weighted by Crippen LogP contribution is 2.29. The van der Waals surface area contributed by atoms with E-state index < -0.39 is 5.60 Å². The van der Waals surface area contributed by atoms with Gasteiger partial charge in [-0.15, -0.1) is 0 Å². The van der Waals surface area contributed by atoms with Gasteiger partial charge in [-0.25, -0.2) is 4.79 Å². The van der Waals surface area contributed by atoms with Crippen molar-refractivity contribution in [3.63, 3.8) is 0 Å². The highest BCUT2D eigenvalue weighted by atomic mass is 79.9. The average molecular weight is 447 g/mol. The van der Waals surface area contributed by atoms with Crippen molar-refractivity contribution in [3.8, 4) is 0 Å². The van der Waals surface area contributed by atoms with Crippen LogP contribution in [0.3, 0.4) is 0 Å². The summed E-state index contributed by atoms with van der Waals surface area (Å²) in [4.78, 5) is 30.0. The van der Waals surface area contributed by atoms with E-state index in [4.69, 9.17) is 4.74 Å². The van der Waals surface area contributed by atoms with Crippen molar-refractivity contribution in [1.82, 2.24) is 19.5 Å². The molecule has 1 N–H and O–H groups in total. The van der Waals surface area contributed by atoms with Crippen LogP contribution in [-0.2, 0) is 4.74 Å². The van der Waals surface area contributed by atoms with Gasteiger partial charge >= 0.3 is 6.09 Å². The van der Waals surface area contributed by atoms with Crippen LogP contribution in [0.5, 0.6) is 0 Å². The molecule has 4 rings (SSSR count). The second kappa shape index (κ2) is 6.92. The van der Waals surface area contributed by atoms with Crippen LogP contribution in [0.4, 0.5) is 4.79 Å². The fourth-order valence-electron chi connectivity index (χ4n) is 3.62. The first kappa shape index (κ1) is 19.0. The molecule has 148 valence electrons. The third kappa shape index (κ3) is 3.65. The van der Waals surface area contributed by atoms with Crippen LogP contribution in [0.2, 0.25) is 0 Å². The zero-order chi connectivity index (χ0) is 20.1. The van der Waals surface area contributed by atoms with E-state index in [1.54, 1.807) is 11.0 Å². The van der Waals surface area contributed by atoms with Gasteiger partial charge in [-0.2, -0.15) is 9.61 Å². The molecule has 28 heavy (non-hydrogen) atoms. The van der Waals surface area contributed by atoms with Crippen LogP contribution in [0.25, 0.3) is 16.6 Å². The van der Waals surface area contributed by atoms with Crippen molar-refractivity contribution in [3.05, 3.63) is 44.8 Å². The van der Waals surface area contributed by atoms with Crippen molar-refractivity contribution < 1.29 is 9.53 Å². The van der Waals surface area contributed by atoms with Crippen LogP contribution in [0.1, 0.15) is 45.2 Å². The van der Waals surface area contributed by atoms with Crippen LogP contribution in [-0.4, -0.2) is 44.3 Å². The van der Waals surface area contributed by atoms with E-state index >= 15 is 0 Å². The standard InChI is InChI=1S/C20H23BrN4O3/c1-20(2,3)28-19(27)24-8-6-12(7-9-24)16-11-17(26)25-18(22-16)14-10-13(21)4-5-15(14)23-25/h4-5,10-12,22H,6-9H2,1-3H3. The molecule has 1 aliphatic rings. The van der Waals surface area contributed by atoms with E-state index in [1.165, 1.54) is 4.52 Å². The Hall–Kier alpha value is -2.35. The van der Waals surface area contributed by atoms with Crippen LogP contribution >= 0.6 is 15.9 Å². The number of aromatic nitrogens is 3. The van der Waals surface area contributed by atoms with E-state index in [9.17, 15) is 9.59 Å². The number of piperidine rings is 1. The smallest absolute Gasteiger partial charge is 0.410 e. The lowest BCUT2D eigenvalue weighted by Crippen LogP contribution is -2.41. The molecule has 1 fully saturated rings. The zero-order valence-electron chi connectivity index (χ0n) is 16.2. The Morgan fingerprint density at radius 1 is 1.25 bits per heavy atom. The molecular weight excluding hydrogens is 424 g/mol. The van der Waals surface area contributed by atoms with Gasteiger partial charge in [0.25, 0.3) is 5.56 Å². The summed E-state index contributed by atoms with van der Waals surface area (Å²) in [5.74, 6) is 0.188. The average Bonchev–Trinajstić information content (AvgIpc) is 2.99. The molecule has 1 saturated heterocycles. The molecule has 2 aromatic heterocycles. The van der Waals surface area contributed by atoms with E-state index in [1.807, 2.05) is 39.0 Å². The van der Waals surface area contributed by atoms with Crippen molar-refractivity contribution in [1.29, 1.82) is 0 Å². The number of nitrogens with zero attached hydrogens (tertiary/aromatic N) is 3. The summed E-state index contributed by atoms with van der Waals surface area (Å²) in [6.07, 6.45) is 1.28. The SMILES string of the molecule is CC(C)(C)OC(=O)N1CCC(c2cc(=O)n3nc4ccc(Br)cc4c3[nH]2)CC1. The number of aromatic amines is 1. The third-order valence-electron chi connectivity index (χ3n) is 4.97. The second-order valence-corrected chi connectivity index (χ2v) is 9.14. The fourth-order valence-corrected chi connectivity index (χ4v) is 3.98. The van der Waals surface area contributed by atoms with Gasteiger partial charge in [0.2, 0.25) is 0 Å². The Morgan fingerprint density at radius 2 is 1.96 bits per heavy atom. The van der Waals surface area contributed by atoms with Crippen molar-refractivity contribution in [2.24, 2.45) is 0 Å². The Morgan fingerprint density at radius 3 is 2.64 bits per heavy atom. The summed E-state index contributed by atoms with van der Waals surface area (Å²) in [6.45, 7) is 6.82. The summed E-state index contributed by atoms with van der Waals surface area (Å²) in [5.41, 5.74) is 1.72. The third-order valence-corrected chi connectivity index (χ3v) is 5.46. The number of fused-ring (bicyclic) bond motifs is 3. The molecule has 1 aliphatic heterocycles. The van der Waals surface area contributed by atoms with Gasteiger partial charge in [0.05, 0.1) is 5.52 Å². The number of carbonyl (C=O) groups excluding carboxylic acids is 1. The molecule has 0 unspecified atom stereocenters. The van der Waals surface area contributed by atoms with Crippen molar-refractivity contribution in [2.75, 3.05) is 13.1 Å². The molecule has 0 bridgehead atoms. The number of halogens is 1. The summed E-state index contributed by atoms with van der Waals surface area (Å²) in [5, 5.41) is 5.30. The molecular formula is C20H23BrN4O3. The van der Waals surface area contributed by atoms with Gasteiger partial charge in [0.1, 0.15) is 11.2 Å². The van der Waals surface area contributed by atoms with Gasteiger partial charge in [-0.3, -0.25) is 4.79 Å². The normalized spacial score (nSPS) is 16.1. The van der Waals surface area contributed by atoms with Gasteiger partial charge in [-0.05, 0) is 51.8 Å². The van der Waals surface area contributed by atoms with Crippen LogP contribution < -0.4 is 5.56 Å². The molecule has 0 saturated carbocycles. The van der Waals surface area contributed by atoms with Gasteiger partial charge < -0.3 is 14.6 Å². The molecule has 0 aliphatic carbocycles. The number of benzene rings is 1. The van der Waals surface area contributed by atoms with Crippen molar-refractivity contribution >= 4 is 38.6 Å². The van der Waals surface area contributed by atoms with Gasteiger partial charge in [0, 0.05) is 40.6 Å². The predicted molar refractivity (Wildman–Crippen MR) is 111 cm³/mol. The molecule has 8 heteroatoms. The topological polar surface area (TPSA) is 79.7 Å². The number of carbonyl (C=O) groups is 1. The Bertz CT molecular complexity index is 1100. The predicted octanol–water partition coefficient (Wildman–Crippen LogP) is 4.05. The Labute approximate surface area is 170 Å². The number of nitrogens with one attached hydrogen (secondary N) is 1. The first-order valence-corrected chi connectivity index (χ1v) is 10.2. The highest BCUT2D eigenvalue weighted by Gasteiger charge is 2.28. The van der Waals surface area contributed by atoms with E-state index in [0.29, 0.717) is 18.7 Å². The minimum Gasteiger partial charge on any atom is -0.444 e. The van der Waals surface area contributed by atoms with Gasteiger partial charge in [0.15, 0.2) is 0 Å². The summed E-state index contributed by atoms with van der Waals surface area (Å²) < 4.78 is 7.81. The molecule has 0 spiro atoms. The van der Waals surface area contributed by atoms with E-state index in [-0.39, 0.29) is 17.6 Å². The molecule has 3 aromatic rings. The zero-order valence-corrected chi connectivity index (χ0v) is 17.7. The number of rotatable bonds is 1. The molecule has 0 radical (unpaired) electrons. The highest BCUT2D eigenvalue weighted by molar-refractivity contribution is 9.10. The maximum atomic E-state index is 12.6. The molecule has 3 heterocycles. The lowest BCUT2D eigenvalue weighted by molar-refractivity contribution is 0.0204. The van der Waals surface area contributed by atoms with E-state index in [0.717, 1.165) is 33.9 Å². The number of H-pyrrole nitrogens is 1. The minimum atomic E-state index is -0.498. The quantitative estimate of drug-likeness (QED) is 0.611. The summed E-state index contributed by atoms with van der Waals surface area (Å²) in [7, 11) is 0. The summed E-state index contributed by atoms with van der Waals surface area (Å²) >= 11 is 3.48. The first-order valence-electron chi connectivity index (χ1n) is 9.40. The molecule has 7 nitrogen and oxygen atoms in total. The number of hydrogen-bond acceptors (Lipinski definition) is 4. The van der Waals surface area contributed by atoms with Gasteiger partial charge in [-0.1, -0.05) is 15.9 Å². The maximum Gasteiger partial charge on any atom is 0.410 e. The number of amides is 1. The van der Waals surface area contributed by atoms with Crippen LogP contribution in [0.15, 0.2) is 33.5 Å². The lowest BCUT2D eigenvalue weighted by atomic mass is 9.93. The Balaban J connectivity index is 1.59. The maximum absolute atomic E-state index is 12.6. The lowest BCUT2D eigenvalue weighted by Gasteiger charge is -2.33. The fraction of sp³-hybridized carbons (Fsp3) is 0.450. The number of ether oxygens (including phenoxy) is 1.